The number of nitrogens with one attached hydrogen (secondary N) is 2. The molecule has 3 aliphatic rings. The first-order valence-electron chi connectivity index (χ1n) is 12.8. The second-order valence-electron chi connectivity index (χ2n) is 10.1. The average Bonchev–Trinajstić information content (AvgIpc) is 3.49. The van der Waals surface area contributed by atoms with Gasteiger partial charge < -0.3 is 25.4 Å². The normalized spacial score (nSPS) is 29.8. The third-order valence-corrected chi connectivity index (χ3v) is 10.1. The van der Waals surface area contributed by atoms with Crippen LogP contribution in [-0.4, -0.2) is 64.0 Å². The number of benzene rings is 2. The van der Waals surface area contributed by atoms with Crippen molar-refractivity contribution >= 4 is 40.9 Å². The Balaban J connectivity index is 1.46. The van der Waals surface area contributed by atoms with Crippen LogP contribution in [0.5, 0.6) is 5.75 Å². The van der Waals surface area contributed by atoms with Crippen molar-refractivity contribution in [2.45, 2.75) is 42.2 Å². The molecule has 2 aromatic carbocycles. The third-order valence-electron chi connectivity index (χ3n) is 8.00. The number of para-hydroxylation sites is 1. The van der Waals surface area contributed by atoms with Gasteiger partial charge in [0.15, 0.2) is 0 Å². The number of methoxy groups -OCH3 is 1. The molecule has 0 radical (unpaired) electrons. The summed E-state index contributed by atoms with van der Waals surface area (Å²) in [5.74, 6) is -0.848. The minimum Gasteiger partial charge on any atom is -0.497 e. The number of nitrogens with zero attached hydrogens (tertiary/aromatic N) is 1. The topological polar surface area (TPSA) is 108 Å². The van der Waals surface area contributed by atoms with Gasteiger partial charge in [-0.25, -0.2) is 0 Å². The van der Waals surface area contributed by atoms with Crippen LogP contribution in [0.1, 0.15) is 26.2 Å². The number of fused-ring (bicyclic) bond motifs is 1. The lowest BCUT2D eigenvalue weighted by atomic mass is 9.66. The Morgan fingerprint density at radius 3 is 2.41 bits per heavy atom. The van der Waals surface area contributed by atoms with Gasteiger partial charge in [0.1, 0.15) is 11.8 Å². The Labute approximate surface area is 221 Å². The molecule has 8 nitrogen and oxygen atoms in total. The van der Waals surface area contributed by atoms with E-state index in [1.54, 1.807) is 48.0 Å². The lowest BCUT2D eigenvalue weighted by Gasteiger charge is -2.38. The molecule has 0 aliphatic carbocycles. The molecule has 5 rings (SSSR count). The number of aliphatic hydroxyl groups excluding tert-OH is 1. The Morgan fingerprint density at radius 1 is 1.05 bits per heavy atom. The van der Waals surface area contributed by atoms with Gasteiger partial charge in [-0.1, -0.05) is 25.1 Å². The van der Waals surface area contributed by atoms with Crippen LogP contribution in [0.2, 0.25) is 0 Å². The van der Waals surface area contributed by atoms with Crippen LogP contribution in [0.25, 0.3) is 0 Å². The number of thioether (sulfide) groups is 1. The largest absolute Gasteiger partial charge is 0.497 e. The Kier molecular flexibility index (Phi) is 7.18. The van der Waals surface area contributed by atoms with E-state index in [0.29, 0.717) is 36.5 Å². The van der Waals surface area contributed by atoms with E-state index >= 15 is 0 Å². The maximum Gasteiger partial charge on any atom is 0.248 e. The quantitative estimate of drug-likeness (QED) is 0.435. The van der Waals surface area contributed by atoms with Gasteiger partial charge in [0, 0.05) is 29.8 Å². The van der Waals surface area contributed by atoms with Gasteiger partial charge in [-0.05, 0) is 61.6 Å². The molecule has 3 unspecified atom stereocenters. The van der Waals surface area contributed by atoms with E-state index in [0.717, 1.165) is 6.42 Å². The smallest absolute Gasteiger partial charge is 0.248 e. The highest BCUT2D eigenvalue weighted by Gasteiger charge is 2.75. The van der Waals surface area contributed by atoms with Crippen LogP contribution in [0, 0.1) is 17.8 Å². The number of anilines is 2. The van der Waals surface area contributed by atoms with Crippen molar-refractivity contribution in [1.29, 1.82) is 0 Å². The number of aliphatic hydroxyl groups is 1. The van der Waals surface area contributed by atoms with E-state index in [2.05, 4.69) is 17.6 Å². The second kappa shape index (κ2) is 10.4. The minimum absolute atomic E-state index is 0.0225. The fraction of sp³-hybridized carbons (Fsp3) is 0.464. The molecular formula is C28H33N3O5S. The van der Waals surface area contributed by atoms with Crippen LogP contribution < -0.4 is 15.4 Å². The lowest BCUT2D eigenvalue weighted by Crippen LogP contribution is -2.54. The number of carbonyl (C=O) groups is 3. The molecule has 3 aliphatic heterocycles. The van der Waals surface area contributed by atoms with Crippen LogP contribution in [0.15, 0.2) is 54.6 Å². The van der Waals surface area contributed by atoms with Gasteiger partial charge >= 0.3 is 0 Å². The van der Waals surface area contributed by atoms with Crippen molar-refractivity contribution in [2.75, 3.05) is 30.9 Å². The zero-order valence-electron chi connectivity index (χ0n) is 21.1. The van der Waals surface area contributed by atoms with E-state index < -0.39 is 22.6 Å². The maximum atomic E-state index is 14.0. The van der Waals surface area contributed by atoms with Gasteiger partial charge in [0.2, 0.25) is 17.7 Å². The number of hydrogen-bond donors (Lipinski definition) is 3. The van der Waals surface area contributed by atoms with Crippen LogP contribution in [-0.2, 0) is 14.4 Å². The minimum atomic E-state index is -0.703. The zero-order chi connectivity index (χ0) is 26.2. The summed E-state index contributed by atoms with van der Waals surface area (Å²) in [6, 6.07) is 15.7. The molecule has 3 saturated heterocycles. The second-order valence-corrected chi connectivity index (χ2v) is 11.6. The molecule has 37 heavy (non-hydrogen) atoms. The third kappa shape index (κ3) is 4.38. The van der Waals surface area contributed by atoms with Crippen molar-refractivity contribution < 1.29 is 24.2 Å². The molecular weight excluding hydrogens is 490 g/mol. The SMILES string of the molecule is COc1ccc(NC(=O)C2N(CCCCO)C(=O)[C@@H]3[C@H](C(=O)Nc4ccccc4)[C@@H]4CC(C)C23S4)cc1. The van der Waals surface area contributed by atoms with Crippen molar-refractivity contribution in [3.63, 3.8) is 0 Å². The summed E-state index contributed by atoms with van der Waals surface area (Å²) in [5, 5.41) is 15.3. The molecule has 1 spiro atoms. The number of amides is 3. The van der Waals surface area contributed by atoms with Crippen LogP contribution >= 0.6 is 11.8 Å². The summed E-state index contributed by atoms with van der Waals surface area (Å²) in [5.41, 5.74) is 1.32. The first kappa shape index (κ1) is 25.6. The van der Waals surface area contributed by atoms with E-state index in [1.807, 2.05) is 30.3 Å². The summed E-state index contributed by atoms with van der Waals surface area (Å²) < 4.78 is 4.54. The lowest BCUT2D eigenvalue weighted by molar-refractivity contribution is -0.138. The number of hydrogen-bond acceptors (Lipinski definition) is 6. The molecule has 0 aromatic heterocycles. The Hall–Kier alpha value is -3.04. The van der Waals surface area contributed by atoms with E-state index in [1.165, 1.54) is 0 Å². The number of rotatable bonds is 9. The molecule has 2 bridgehead atoms. The molecule has 3 fully saturated rings. The molecule has 9 heteroatoms. The molecule has 196 valence electrons. The van der Waals surface area contributed by atoms with E-state index in [-0.39, 0.29) is 35.5 Å². The predicted octanol–water partition coefficient (Wildman–Crippen LogP) is 3.38. The van der Waals surface area contributed by atoms with Gasteiger partial charge in [0.05, 0.1) is 23.7 Å². The summed E-state index contributed by atoms with van der Waals surface area (Å²) in [4.78, 5) is 43.1. The first-order valence-corrected chi connectivity index (χ1v) is 13.7. The summed E-state index contributed by atoms with van der Waals surface area (Å²) >= 11 is 1.65. The highest BCUT2D eigenvalue weighted by molar-refractivity contribution is 8.02. The fourth-order valence-corrected chi connectivity index (χ4v) is 8.81. The molecule has 3 amide bonds. The summed E-state index contributed by atoms with van der Waals surface area (Å²) in [6.07, 6.45) is 1.90. The van der Waals surface area contributed by atoms with Gasteiger partial charge in [-0.3, -0.25) is 14.4 Å². The first-order chi connectivity index (χ1) is 17.9. The van der Waals surface area contributed by atoms with Crippen molar-refractivity contribution in [3.05, 3.63) is 54.6 Å². The number of ether oxygens (including phenoxy) is 1. The van der Waals surface area contributed by atoms with Crippen LogP contribution in [0.4, 0.5) is 11.4 Å². The van der Waals surface area contributed by atoms with Crippen molar-refractivity contribution in [2.24, 2.45) is 17.8 Å². The van der Waals surface area contributed by atoms with Gasteiger partial charge in [-0.15, -0.1) is 11.8 Å². The molecule has 2 aromatic rings. The Morgan fingerprint density at radius 2 is 1.73 bits per heavy atom. The molecule has 3 N–H and O–H groups in total. The monoisotopic (exact) mass is 523 g/mol. The van der Waals surface area contributed by atoms with E-state index in [4.69, 9.17) is 4.74 Å². The van der Waals surface area contributed by atoms with E-state index in [9.17, 15) is 19.5 Å². The number of unbranched alkanes of at least 4 members (excludes halogenated alkanes) is 1. The highest BCUT2D eigenvalue weighted by atomic mass is 32.2. The molecule has 3 heterocycles. The maximum absolute atomic E-state index is 14.0. The standard InChI is InChI=1S/C28H33N3O5S/c1-17-16-21-22(25(33)29-18-8-4-3-5-9-18)23-27(35)31(14-6-7-15-32)24(28(17,23)37-21)26(34)30-19-10-12-20(36-2)13-11-19/h3-5,8-13,17,21-24,32H,6-7,14-16H2,1-2H3,(H,29,33)(H,30,34)/t17?,21-,22+,23-,24?,28?/m0/s1. The Bertz CT molecular complexity index is 1160. The van der Waals surface area contributed by atoms with Crippen LogP contribution in [0.3, 0.4) is 0 Å². The van der Waals surface area contributed by atoms with Crippen molar-refractivity contribution in [1.82, 2.24) is 4.90 Å². The van der Waals surface area contributed by atoms with Gasteiger partial charge in [-0.2, -0.15) is 0 Å². The average molecular weight is 524 g/mol. The number of carbonyl (C=O) groups excluding carboxylic acids is 3. The van der Waals surface area contributed by atoms with Crippen molar-refractivity contribution in [3.8, 4) is 5.75 Å². The highest BCUT2D eigenvalue weighted by Crippen LogP contribution is 2.68. The summed E-state index contributed by atoms with van der Waals surface area (Å²) in [6.45, 7) is 2.49. The summed E-state index contributed by atoms with van der Waals surface area (Å²) in [7, 11) is 1.58. The zero-order valence-corrected chi connectivity index (χ0v) is 21.9. The molecule has 0 saturated carbocycles. The molecule has 6 atom stereocenters. The predicted molar refractivity (Wildman–Crippen MR) is 143 cm³/mol. The fourth-order valence-electron chi connectivity index (χ4n) is 6.39. The van der Waals surface area contributed by atoms with Gasteiger partial charge in [0.25, 0.3) is 0 Å². The number of likely N-dealkylation sites (tertiary alicyclic amines) is 1.